The lowest BCUT2D eigenvalue weighted by Gasteiger charge is -2.06. The second-order valence-corrected chi connectivity index (χ2v) is 5.74. The molecule has 0 saturated carbocycles. The van der Waals surface area contributed by atoms with Crippen molar-refractivity contribution >= 4 is 38.8 Å². The summed E-state index contributed by atoms with van der Waals surface area (Å²) in [6.45, 7) is 0.431. The standard InChI is InChI=1S/C11H15IO3Si/c12-10-5-8(7-13)4-9(6-10)11(14)15-2-1-3-16/h4-6,13H,1-3,7H2,16H3. The Hall–Kier alpha value is -0.403. The molecule has 1 aromatic carbocycles. The molecule has 0 atom stereocenters. The number of ether oxygens (including phenoxy) is 1. The second-order valence-electron chi connectivity index (χ2n) is 3.50. The fourth-order valence-electron chi connectivity index (χ4n) is 1.25. The monoisotopic (exact) mass is 350 g/mol. The SMILES string of the molecule is O=C(OCCC[SiH3])c1cc(I)cc(CO)c1. The van der Waals surface area contributed by atoms with Gasteiger partial charge in [-0.3, -0.25) is 0 Å². The Morgan fingerprint density at radius 2 is 2.19 bits per heavy atom. The van der Waals surface area contributed by atoms with Crippen LogP contribution in [0.4, 0.5) is 0 Å². The van der Waals surface area contributed by atoms with Crippen molar-refractivity contribution in [3.8, 4) is 0 Å². The molecule has 0 amide bonds. The van der Waals surface area contributed by atoms with Crippen LogP contribution >= 0.6 is 22.6 Å². The molecule has 0 bridgehead atoms. The lowest BCUT2D eigenvalue weighted by atomic mass is 10.1. The van der Waals surface area contributed by atoms with Crippen LogP contribution in [-0.4, -0.2) is 27.9 Å². The first-order chi connectivity index (χ1) is 7.67. The van der Waals surface area contributed by atoms with Crippen LogP contribution in [-0.2, 0) is 11.3 Å². The maximum absolute atomic E-state index is 11.6. The van der Waals surface area contributed by atoms with E-state index in [0.717, 1.165) is 31.8 Å². The molecule has 0 spiro atoms. The molecular weight excluding hydrogens is 335 g/mol. The Kier molecular flexibility index (Phi) is 6.00. The summed E-state index contributed by atoms with van der Waals surface area (Å²) < 4.78 is 6.05. The van der Waals surface area contributed by atoms with Gasteiger partial charge in [0.2, 0.25) is 0 Å². The second kappa shape index (κ2) is 7.03. The van der Waals surface area contributed by atoms with E-state index in [1.54, 1.807) is 12.1 Å². The molecule has 0 aliphatic heterocycles. The molecular formula is C11H15IO3Si. The minimum absolute atomic E-state index is 0.0579. The van der Waals surface area contributed by atoms with E-state index in [9.17, 15) is 4.79 Å². The first kappa shape index (κ1) is 13.7. The molecule has 0 aliphatic carbocycles. The maximum atomic E-state index is 11.6. The van der Waals surface area contributed by atoms with Crippen LogP contribution in [0.5, 0.6) is 0 Å². The van der Waals surface area contributed by atoms with E-state index in [-0.39, 0.29) is 12.6 Å². The van der Waals surface area contributed by atoms with Crippen LogP contribution in [0.15, 0.2) is 18.2 Å². The van der Waals surface area contributed by atoms with E-state index < -0.39 is 0 Å². The average Bonchev–Trinajstić information content (AvgIpc) is 2.28. The van der Waals surface area contributed by atoms with E-state index in [1.807, 2.05) is 6.07 Å². The number of carbonyl (C=O) groups excluding carboxylic acids is 1. The molecule has 88 valence electrons. The van der Waals surface area contributed by atoms with Crippen molar-refractivity contribution in [1.82, 2.24) is 0 Å². The van der Waals surface area contributed by atoms with Crippen molar-refractivity contribution in [2.24, 2.45) is 0 Å². The molecule has 1 rings (SSSR count). The normalized spacial score (nSPS) is 10.4. The van der Waals surface area contributed by atoms with Crippen LogP contribution in [0.2, 0.25) is 6.04 Å². The van der Waals surface area contributed by atoms with Gasteiger partial charge in [-0.2, -0.15) is 0 Å². The summed E-state index contributed by atoms with van der Waals surface area (Å²) in [7, 11) is 1.14. The number of hydrogen-bond acceptors (Lipinski definition) is 3. The smallest absolute Gasteiger partial charge is 0.338 e. The number of aliphatic hydroxyl groups excluding tert-OH is 1. The molecule has 0 unspecified atom stereocenters. The van der Waals surface area contributed by atoms with Crippen molar-refractivity contribution in [2.45, 2.75) is 19.1 Å². The van der Waals surface area contributed by atoms with E-state index in [1.165, 1.54) is 0 Å². The number of aliphatic hydroxyl groups is 1. The molecule has 3 nitrogen and oxygen atoms in total. The van der Waals surface area contributed by atoms with Gasteiger partial charge in [-0.05, 0) is 52.8 Å². The zero-order valence-electron chi connectivity index (χ0n) is 9.20. The Balaban J connectivity index is 2.71. The molecule has 0 aromatic heterocycles. The number of benzene rings is 1. The van der Waals surface area contributed by atoms with E-state index in [2.05, 4.69) is 22.6 Å². The van der Waals surface area contributed by atoms with Crippen molar-refractivity contribution in [1.29, 1.82) is 0 Å². The molecule has 0 aliphatic rings. The fraction of sp³-hybridized carbons (Fsp3) is 0.364. The molecule has 0 radical (unpaired) electrons. The average molecular weight is 350 g/mol. The van der Waals surface area contributed by atoms with Crippen LogP contribution in [0.3, 0.4) is 0 Å². The summed E-state index contributed by atoms with van der Waals surface area (Å²) in [5, 5.41) is 9.03. The summed E-state index contributed by atoms with van der Waals surface area (Å²) in [6, 6.07) is 6.42. The van der Waals surface area contributed by atoms with E-state index in [4.69, 9.17) is 9.84 Å². The molecule has 16 heavy (non-hydrogen) atoms. The Bertz CT molecular complexity index is 368. The van der Waals surface area contributed by atoms with Crippen molar-refractivity contribution in [2.75, 3.05) is 6.61 Å². The summed E-state index contributed by atoms with van der Waals surface area (Å²) in [6.07, 6.45) is 0.939. The Morgan fingerprint density at radius 1 is 1.44 bits per heavy atom. The quantitative estimate of drug-likeness (QED) is 0.375. The third-order valence-electron chi connectivity index (χ3n) is 2.11. The van der Waals surface area contributed by atoms with E-state index >= 15 is 0 Å². The molecule has 1 N–H and O–H groups in total. The molecule has 1 aromatic rings. The minimum Gasteiger partial charge on any atom is -0.462 e. The largest absolute Gasteiger partial charge is 0.462 e. The first-order valence-electron chi connectivity index (χ1n) is 5.24. The predicted octanol–water partition coefficient (Wildman–Crippen LogP) is 1.11. The Labute approximate surface area is 112 Å². The van der Waals surface area contributed by atoms with Gasteiger partial charge in [0.05, 0.1) is 18.8 Å². The minimum atomic E-state index is -0.302. The van der Waals surface area contributed by atoms with Gasteiger partial charge in [0.15, 0.2) is 0 Å². The predicted molar refractivity (Wildman–Crippen MR) is 74.7 cm³/mol. The third kappa shape index (κ3) is 4.23. The van der Waals surface area contributed by atoms with Crippen molar-refractivity contribution < 1.29 is 14.6 Å². The summed E-state index contributed by atoms with van der Waals surface area (Å²) >= 11 is 2.12. The van der Waals surface area contributed by atoms with Crippen molar-refractivity contribution in [3.05, 3.63) is 32.9 Å². The summed E-state index contributed by atoms with van der Waals surface area (Å²) in [5.41, 5.74) is 1.26. The summed E-state index contributed by atoms with van der Waals surface area (Å²) in [5.74, 6) is -0.302. The van der Waals surface area contributed by atoms with Crippen molar-refractivity contribution in [3.63, 3.8) is 0 Å². The first-order valence-corrected chi connectivity index (χ1v) is 7.74. The number of esters is 1. The van der Waals surface area contributed by atoms with Gasteiger partial charge in [-0.15, -0.1) is 0 Å². The van der Waals surface area contributed by atoms with E-state index in [0.29, 0.717) is 12.2 Å². The highest BCUT2D eigenvalue weighted by atomic mass is 127. The van der Waals surface area contributed by atoms with Crippen LogP contribution in [0.1, 0.15) is 22.3 Å². The van der Waals surface area contributed by atoms with Crippen LogP contribution < -0.4 is 0 Å². The lowest BCUT2D eigenvalue weighted by molar-refractivity contribution is 0.0505. The summed E-state index contributed by atoms with van der Waals surface area (Å²) in [4.78, 5) is 11.6. The van der Waals surface area contributed by atoms with Gasteiger partial charge >= 0.3 is 5.97 Å². The van der Waals surface area contributed by atoms with Gasteiger partial charge in [-0.25, -0.2) is 4.79 Å². The van der Waals surface area contributed by atoms with Gasteiger partial charge in [0, 0.05) is 13.8 Å². The Morgan fingerprint density at radius 3 is 2.81 bits per heavy atom. The van der Waals surface area contributed by atoms with Gasteiger partial charge in [-0.1, -0.05) is 6.04 Å². The lowest BCUT2D eigenvalue weighted by Crippen LogP contribution is -2.07. The fourth-order valence-corrected chi connectivity index (χ4v) is 2.28. The van der Waals surface area contributed by atoms with Gasteiger partial charge in [0.25, 0.3) is 0 Å². The topological polar surface area (TPSA) is 46.5 Å². The zero-order valence-corrected chi connectivity index (χ0v) is 13.4. The zero-order chi connectivity index (χ0) is 12.0. The van der Waals surface area contributed by atoms with Crippen LogP contribution in [0, 0.1) is 3.57 Å². The third-order valence-corrected chi connectivity index (χ3v) is 3.44. The number of rotatable bonds is 5. The molecule has 0 fully saturated rings. The number of hydrogen-bond donors (Lipinski definition) is 1. The van der Waals surface area contributed by atoms with Gasteiger partial charge < -0.3 is 9.84 Å². The highest BCUT2D eigenvalue weighted by Gasteiger charge is 2.08. The highest BCUT2D eigenvalue weighted by molar-refractivity contribution is 14.1. The maximum Gasteiger partial charge on any atom is 0.338 e. The molecule has 0 heterocycles. The molecule has 0 saturated heterocycles. The number of carbonyl (C=O) groups is 1. The molecule has 5 heteroatoms. The highest BCUT2D eigenvalue weighted by Crippen LogP contribution is 2.13. The van der Waals surface area contributed by atoms with Crippen LogP contribution in [0.25, 0.3) is 0 Å². The number of halogens is 1. The van der Waals surface area contributed by atoms with Gasteiger partial charge in [0.1, 0.15) is 0 Å².